The smallest absolute Gasteiger partial charge is 0.314 e. The Morgan fingerprint density at radius 2 is 2.04 bits per heavy atom. The number of aryl methyl sites for hydroxylation is 1. The van der Waals surface area contributed by atoms with Gasteiger partial charge in [-0.3, -0.25) is 20.2 Å². The molecule has 7 heteroatoms. The van der Waals surface area contributed by atoms with Crippen LogP contribution in [0, 0.1) is 16.0 Å². The van der Waals surface area contributed by atoms with E-state index >= 15 is 0 Å². The van der Waals surface area contributed by atoms with Gasteiger partial charge in [-0.05, 0) is 37.4 Å². The van der Waals surface area contributed by atoms with Crippen molar-refractivity contribution in [1.29, 1.82) is 0 Å². The second kappa shape index (κ2) is 7.85. The molecule has 0 radical (unpaired) electrons. The van der Waals surface area contributed by atoms with E-state index in [1.165, 1.54) is 17.7 Å². The second-order valence-electron chi connectivity index (χ2n) is 5.80. The number of allylic oxidation sites excluding steroid dienone is 1. The summed E-state index contributed by atoms with van der Waals surface area (Å²) in [4.78, 5) is 21.6. The lowest BCUT2D eigenvalue weighted by Gasteiger charge is -2.33. The standard InChI is InChI=1S/C17H21N3O4/c18-17(10-9-14(20(23)24)12-15(17)16(21)22)19-11-5-4-8-13-6-2-1-3-7-13/h1-3,6-7,9-10,12,15,19H,4-5,8,11,18H2,(H,21,22). The molecule has 0 aliphatic heterocycles. The highest BCUT2D eigenvalue weighted by atomic mass is 16.6. The van der Waals surface area contributed by atoms with Crippen LogP contribution in [0.4, 0.5) is 0 Å². The van der Waals surface area contributed by atoms with Crippen molar-refractivity contribution in [3.8, 4) is 0 Å². The van der Waals surface area contributed by atoms with Gasteiger partial charge in [0.1, 0.15) is 11.6 Å². The minimum Gasteiger partial charge on any atom is -0.481 e. The lowest BCUT2D eigenvalue weighted by molar-refractivity contribution is -0.419. The van der Waals surface area contributed by atoms with Gasteiger partial charge < -0.3 is 10.8 Å². The van der Waals surface area contributed by atoms with E-state index in [1.54, 1.807) is 0 Å². The van der Waals surface area contributed by atoms with Gasteiger partial charge in [0, 0.05) is 12.2 Å². The summed E-state index contributed by atoms with van der Waals surface area (Å²) in [5.41, 5.74) is 5.79. The van der Waals surface area contributed by atoms with E-state index in [0.29, 0.717) is 6.54 Å². The maximum Gasteiger partial charge on any atom is 0.314 e. The molecule has 2 atom stereocenters. The van der Waals surface area contributed by atoms with Crippen molar-refractivity contribution in [3.63, 3.8) is 0 Å². The highest BCUT2D eigenvalue weighted by Crippen LogP contribution is 2.24. The first kappa shape index (κ1) is 17.8. The summed E-state index contributed by atoms with van der Waals surface area (Å²) in [5.74, 6) is -2.38. The molecule has 2 rings (SSSR count). The van der Waals surface area contributed by atoms with Crippen LogP contribution in [0.1, 0.15) is 18.4 Å². The Balaban J connectivity index is 1.87. The van der Waals surface area contributed by atoms with Crippen LogP contribution in [-0.4, -0.2) is 28.2 Å². The van der Waals surface area contributed by atoms with Gasteiger partial charge in [-0.15, -0.1) is 0 Å². The molecule has 1 aliphatic carbocycles. The molecule has 0 spiro atoms. The van der Waals surface area contributed by atoms with Crippen LogP contribution in [0.5, 0.6) is 0 Å². The largest absolute Gasteiger partial charge is 0.481 e. The van der Waals surface area contributed by atoms with Gasteiger partial charge in [0.25, 0.3) is 5.70 Å². The number of unbranched alkanes of at least 4 members (excludes halogenated alkanes) is 1. The summed E-state index contributed by atoms with van der Waals surface area (Å²) >= 11 is 0. The molecule has 0 fully saturated rings. The molecule has 1 aromatic rings. The van der Waals surface area contributed by atoms with Crippen LogP contribution < -0.4 is 11.1 Å². The average molecular weight is 331 g/mol. The lowest BCUT2D eigenvalue weighted by Crippen LogP contribution is -2.60. The molecule has 7 nitrogen and oxygen atoms in total. The Labute approximate surface area is 140 Å². The van der Waals surface area contributed by atoms with Gasteiger partial charge in [-0.2, -0.15) is 0 Å². The number of aliphatic carboxylic acids is 1. The topological polar surface area (TPSA) is 118 Å². The second-order valence-corrected chi connectivity index (χ2v) is 5.80. The Kier molecular flexibility index (Phi) is 5.83. The Morgan fingerprint density at radius 3 is 2.67 bits per heavy atom. The van der Waals surface area contributed by atoms with E-state index in [2.05, 4.69) is 17.4 Å². The Hall–Kier alpha value is -2.51. The van der Waals surface area contributed by atoms with Crippen molar-refractivity contribution in [2.45, 2.75) is 24.9 Å². The van der Waals surface area contributed by atoms with Crippen molar-refractivity contribution in [2.75, 3.05) is 6.54 Å². The van der Waals surface area contributed by atoms with Crippen molar-refractivity contribution in [3.05, 3.63) is 69.9 Å². The predicted octanol–water partition coefficient (Wildman–Crippen LogP) is 1.69. The van der Waals surface area contributed by atoms with Crippen molar-refractivity contribution in [2.24, 2.45) is 11.7 Å². The summed E-state index contributed by atoms with van der Waals surface area (Å²) in [7, 11) is 0. The molecule has 4 N–H and O–H groups in total. The minimum atomic E-state index is -1.32. The number of carboxylic acids is 1. The molecule has 0 amide bonds. The lowest BCUT2D eigenvalue weighted by atomic mass is 9.87. The highest BCUT2D eigenvalue weighted by molar-refractivity contribution is 5.75. The molecule has 2 unspecified atom stereocenters. The average Bonchev–Trinajstić information content (AvgIpc) is 2.55. The molecule has 0 saturated heterocycles. The van der Waals surface area contributed by atoms with Gasteiger partial charge in [-0.1, -0.05) is 30.3 Å². The Bertz CT molecular complexity index is 657. The number of hydrogen-bond donors (Lipinski definition) is 3. The number of nitro groups is 1. The summed E-state index contributed by atoms with van der Waals surface area (Å²) in [6.45, 7) is 0.527. The molecule has 24 heavy (non-hydrogen) atoms. The van der Waals surface area contributed by atoms with Crippen LogP contribution >= 0.6 is 0 Å². The van der Waals surface area contributed by atoms with Gasteiger partial charge in [-0.25, -0.2) is 0 Å². The summed E-state index contributed by atoms with van der Waals surface area (Å²) in [5, 5.41) is 23.1. The van der Waals surface area contributed by atoms with E-state index in [-0.39, 0.29) is 5.70 Å². The van der Waals surface area contributed by atoms with Crippen molar-refractivity contribution in [1.82, 2.24) is 5.32 Å². The number of nitrogens with two attached hydrogens (primary N) is 1. The summed E-state index contributed by atoms with van der Waals surface area (Å²) < 4.78 is 0. The van der Waals surface area contributed by atoms with Crippen molar-refractivity contribution >= 4 is 5.97 Å². The van der Waals surface area contributed by atoms with Crippen LogP contribution in [0.3, 0.4) is 0 Å². The molecule has 1 aromatic carbocycles. The van der Waals surface area contributed by atoms with Gasteiger partial charge >= 0.3 is 5.97 Å². The van der Waals surface area contributed by atoms with Crippen LogP contribution in [0.15, 0.2) is 54.3 Å². The maximum absolute atomic E-state index is 11.4. The fraction of sp³-hybridized carbons (Fsp3) is 0.353. The number of nitrogens with one attached hydrogen (secondary N) is 1. The first-order valence-corrected chi connectivity index (χ1v) is 7.78. The fourth-order valence-corrected chi connectivity index (χ4v) is 2.66. The third-order valence-corrected chi connectivity index (χ3v) is 4.03. The zero-order valence-corrected chi connectivity index (χ0v) is 13.2. The monoisotopic (exact) mass is 331 g/mol. The van der Waals surface area contributed by atoms with Gasteiger partial charge in [0.05, 0.1) is 4.92 Å². The number of benzene rings is 1. The molecule has 0 saturated carbocycles. The molecular weight excluding hydrogens is 310 g/mol. The van der Waals surface area contributed by atoms with Crippen molar-refractivity contribution < 1.29 is 14.8 Å². The van der Waals surface area contributed by atoms with Gasteiger partial charge in [0.2, 0.25) is 0 Å². The quantitative estimate of drug-likeness (QED) is 0.289. The van der Waals surface area contributed by atoms with Gasteiger partial charge in [0.15, 0.2) is 0 Å². The summed E-state index contributed by atoms with van der Waals surface area (Å²) in [6, 6.07) is 10.1. The maximum atomic E-state index is 11.4. The highest BCUT2D eigenvalue weighted by Gasteiger charge is 2.40. The zero-order chi connectivity index (χ0) is 17.6. The molecule has 0 aromatic heterocycles. The molecule has 128 valence electrons. The number of nitrogens with zero attached hydrogens (tertiary/aromatic N) is 1. The normalized spacial score (nSPS) is 22.9. The SMILES string of the molecule is NC1(NCCCCc2ccccc2)C=CC([N+](=O)[O-])=CC1C(=O)O. The predicted molar refractivity (Wildman–Crippen MR) is 89.6 cm³/mol. The van der Waals surface area contributed by atoms with E-state index in [1.807, 2.05) is 18.2 Å². The number of carbonyl (C=O) groups is 1. The molecule has 0 heterocycles. The van der Waals surface area contributed by atoms with Crippen LogP contribution in [-0.2, 0) is 11.2 Å². The number of rotatable bonds is 8. The third kappa shape index (κ3) is 4.50. The number of carboxylic acid groups (broad SMARTS) is 1. The van der Waals surface area contributed by atoms with E-state index in [4.69, 9.17) is 5.73 Å². The van der Waals surface area contributed by atoms with E-state index in [0.717, 1.165) is 25.3 Å². The van der Waals surface area contributed by atoms with E-state index < -0.39 is 22.5 Å². The first-order chi connectivity index (χ1) is 11.4. The number of hydrogen-bond acceptors (Lipinski definition) is 5. The van der Waals surface area contributed by atoms with Crippen LogP contribution in [0.2, 0.25) is 0 Å². The minimum absolute atomic E-state index is 0.255. The van der Waals surface area contributed by atoms with Crippen LogP contribution in [0.25, 0.3) is 0 Å². The zero-order valence-electron chi connectivity index (χ0n) is 13.2. The third-order valence-electron chi connectivity index (χ3n) is 4.03. The fourth-order valence-electron chi connectivity index (χ4n) is 2.66. The molecular formula is C17H21N3O4. The molecule has 0 bridgehead atoms. The summed E-state index contributed by atoms with van der Waals surface area (Å²) in [6.07, 6.45) is 6.38. The first-order valence-electron chi connectivity index (χ1n) is 7.78. The van der Waals surface area contributed by atoms with E-state index in [9.17, 15) is 20.0 Å². The Morgan fingerprint density at radius 1 is 1.33 bits per heavy atom. The molecule has 1 aliphatic rings.